The van der Waals surface area contributed by atoms with Crippen LogP contribution in [0.15, 0.2) is 66.9 Å². The van der Waals surface area contributed by atoms with Crippen molar-refractivity contribution >= 4 is 22.3 Å². The second kappa shape index (κ2) is 11.5. The summed E-state index contributed by atoms with van der Waals surface area (Å²) >= 11 is 0. The Balaban J connectivity index is 1.71. The number of rotatable bonds is 10. The monoisotopic (exact) mass is 451 g/mol. The lowest BCUT2D eigenvalue weighted by atomic mass is 10.0. The lowest BCUT2D eigenvalue weighted by Crippen LogP contribution is -2.27. The second-order valence-corrected chi connectivity index (χ2v) is 6.97. The normalized spacial score (nSPS) is 11.2. The van der Waals surface area contributed by atoms with Gasteiger partial charge in [-0.05, 0) is 46.5 Å². The Bertz CT molecular complexity index is 1180. The third kappa shape index (κ3) is 6.47. The minimum absolute atomic E-state index is 0.0108. The van der Waals surface area contributed by atoms with Crippen LogP contribution in [0.1, 0.15) is 11.1 Å². The molecule has 5 nitrogen and oxygen atoms in total. The summed E-state index contributed by atoms with van der Waals surface area (Å²) in [6.45, 7) is -2.64. The third-order valence-corrected chi connectivity index (χ3v) is 4.83. The highest BCUT2D eigenvalue weighted by Gasteiger charge is 2.15. The van der Waals surface area contributed by atoms with E-state index in [4.69, 9.17) is 15.9 Å². The summed E-state index contributed by atoms with van der Waals surface area (Å²) in [7, 11) is 1.52. The number of terminal acetylenes is 1. The first-order valence-electron chi connectivity index (χ1n) is 10.2. The molecular formula is C26H23F2NO4. The van der Waals surface area contributed by atoms with E-state index in [1.54, 1.807) is 24.3 Å². The molecule has 170 valence electrons. The van der Waals surface area contributed by atoms with Crippen LogP contribution >= 0.6 is 0 Å². The lowest BCUT2D eigenvalue weighted by molar-refractivity contribution is -0.116. The maximum atomic E-state index is 12.8. The summed E-state index contributed by atoms with van der Waals surface area (Å²) in [6.07, 6.45) is 6.49. The zero-order valence-electron chi connectivity index (χ0n) is 18.0. The molecule has 0 radical (unpaired) electrons. The van der Waals surface area contributed by atoms with Gasteiger partial charge in [0.25, 0.3) is 5.91 Å². The first-order valence-corrected chi connectivity index (χ1v) is 10.2. The summed E-state index contributed by atoms with van der Waals surface area (Å²) in [5.41, 5.74) is 1.38. The quantitative estimate of drug-likeness (QED) is 0.273. The molecule has 1 N–H and O–H groups in total. The number of amides is 1. The second-order valence-electron chi connectivity index (χ2n) is 6.97. The van der Waals surface area contributed by atoms with Gasteiger partial charge in [0.15, 0.2) is 11.5 Å². The fourth-order valence-corrected chi connectivity index (χ4v) is 3.25. The van der Waals surface area contributed by atoms with Gasteiger partial charge in [0.05, 0.1) is 12.7 Å². The first-order chi connectivity index (χ1) is 16.0. The van der Waals surface area contributed by atoms with Crippen molar-refractivity contribution in [3.63, 3.8) is 0 Å². The minimum Gasteiger partial charge on any atom is -0.493 e. The summed E-state index contributed by atoms with van der Waals surface area (Å²) in [5.74, 6) is 2.92. The summed E-state index contributed by atoms with van der Waals surface area (Å²) in [5, 5.41) is 4.61. The van der Waals surface area contributed by atoms with Gasteiger partial charge in [0.2, 0.25) is 0 Å². The van der Waals surface area contributed by atoms with E-state index < -0.39 is 12.5 Å². The van der Waals surface area contributed by atoms with E-state index in [2.05, 4.69) is 16.0 Å². The van der Waals surface area contributed by atoms with Gasteiger partial charge in [-0.25, -0.2) is 0 Å². The highest BCUT2D eigenvalue weighted by molar-refractivity contribution is 6.19. The molecule has 0 bridgehead atoms. The van der Waals surface area contributed by atoms with E-state index in [0.717, 1.165) is 22.6 Å². The van der Waals surface area contributed by atoms with Gasteiger partial charge in [-0.1, -0.05) is 48.4 Å². The number of carbonyl (C=O) groups is 1. The first kappa shape index (κ1) is 23.6. The average Bonchev–Trinajstić information content (AvgIpc) is 2.83. The molecule has 0 saturated heterocycles. The predicted molar refractivity (Wildman–Crippen MR) is 123 cm³/mol. The van der Waals surface area contributed by atoms with Crippen LogP contribution in [-0.2, 0) is 16.0 Å². The molecule has 33 heavy (non-hydrogen) atoms. The van der Waals surface area contributed by atoms with Crippen LogP contribution in [0, 0.1) is 12.3 Å². The zero-order valence-corrected chi connectivity index (χ0v) is 18.0. The van der Waals surface area contributed by atoms with Crippen LogP contribution in [0.3, 0.4) is 0 Å². The van der Waals surface area contributed by atoms with Gasteiger partial charge in [0.1, 0.15) is 12.9 Å². The SMILES string of the molecule is C#CCOc1ccc(CCNC(=O)C(=COC(F)F)c2ccc3ccccc3c2)cc1OC. The van der Waals surface area contributed by atoms with Crippen LogP contribution in [-0.4, -0.2) is 32.8 Å². The van der Waals surface area contributed by atoms with Crippen molar-refractivity contribution in [2.75, 3.05) is 20.3 Å². The van der Waals surface area contributed by atoms with Crippen molar-refractivity contribution in [3.8, 4) is 23.8 Å². The number of fused-ring (bicyclic) bond motifs is 1. The molecule has 3 rings (SSSR count). The number of nitrogens with one attached hydrogen (secondary N) is 1. The molecule has 0 aliphatic carbocycles. The van der Waals surface area contributed by atoms with Gasteiger partial charge < -0.3 is 19.5 Å². The topological polar surface area (TPSA) is 56.8 Å². The van der Waals surface area contributed by atoms with E-state index in [0.29, 0.717) is 23.5 Å². The largest absolute Gasteiger partial charge is 0.493 e. The molecule has 0 spiro atoms. The fraction of sp³-hybridized carbons (Fsp3) is 0.192. The number of hydrogen-bond donors (Lipinski definition) is 1. The van der Waals surface area contributed by atoms with Crippen LogP contribution < -0.4 is 14.8 Å². The predicted octanol–water partition coefficient (Wildman–Crippen LogP) is 4.80. The Morgan fingerprint density at radius 3 is 2.61 bits per heavy atom. The number of halogens is 2. The Hall–Kier alpha value is -4.05. The lowest BCUT2D eigenvalue weighted by Gasteiger charge is -2.12. The van der Waals surface area contributed by atoms with Crippen LogP contribution in [0.2, 0.25) is 0 Å². The molecule has 0 saturated carbocycles. The van der Waals surface area contributed by atoms with Crippen molar-refractivity contribution in [2.24, 2.45) is 0 Å². The number of alkyl halides is 2. The summed E-state index contributed by atoms with van der Waals surface area (Å²) < 4.78 is 40.4. The number of methoxy groups -OCH3 is 1. The Morgan fingerprint density at radius 2 is 1.88 bits per heavy atom. The standard InChI is InChI=1S/C26H23F2NO4/c1-3-14-32-23-11-8-18(15-24(23)31-2)12-13-29-25(30)22(17-33-26(27)28)21-10-9-19-6-4-5-7-20(19)16-21/h1,4-11,15-17,26H,12-14H2,2H3,(H,29,30). The molecule has 7 heteroatoms. The van der Waals surface area contributed by atoms with Gasteiger partial charge in [-0.2, -0.15) is 8.78 Å². The van der Waals surface area contributed by atoms with Gasteiger partial charge in [-0.15, -0.1) is 6.42 Å². The molecule has 0 fully saturated rings. The molecule has 0 aliphatic rings. The van der Waals surface area contributed by atoms with E-state index in [-0.39, 0.29) is 18.7 Å². The number of ether oxygens (including phenoxy) is 3. The number of benzene rings is 3. The van der Waals surface area contributed by atoms with Crippen molar-refractivity contribution in [3.05, 3.63) is 78.1 Å². The summed E-state index contributed by atoms with van der Waals surface area (Å²) in [4.78, 5) is 12.8. The number of carbonyl (C=O) groups excluding carboxylic acids is 1. The Labute approximate surface area is 191 Å². The molecular weight excluding hydrogens is 428 g/mol. The highest BCUT2D eigenvalue weighted by Crippen LogP contribution is 2.28. The Morgan fingerprint density at radius 1 is 1.09 bits per heavy atom. The van der Waals surface area contributed by atoms with Crippen LogP contribution in [0.25, 0.3) is 16.3 Å². The van der Waals surface area contributed by atoms with Crippen LogP contribution in [0.4, 0.5) is 8.78 Å². The van der Waals surface area contributed by atoms with Gasteiger partial charge in [-0.3, -0.25) is 4.79 Å². The molecule has 0 atom stereocenters. The molecule has 3 aromatic rings. The minimum atomic E-state index is -3.03. The van der Waals surface area contributed by atoms with E-state index in [9.17, 15) is 13.6 Å². The van der Waals surface area contributed by atoms with Gasteiger partial charge >= 0.3 is 6.61 Å². The van der Waals surface area contributed by atoms with Crippen molar-refractivity contribution < 1.29 is 27.8 Å². The average molecular weight is 451 g/mol. The van der Waals surface area contributed by atoms with E-state index in [1.807, 2.05) is 36.4 Å². The summed E-state index contributed by atoms with van der Waals surface area (Å²) in [6, 6.07) is 18.2. The smallest absolute Gasteiger partial charge is 0.386 e. The molecule has 3 aromatic carbocycles. The van der Waals surface area contributed by atoms with Crippen LogP contribution in [0.5, 0.6) is 11.5 Å². The maximum absolute atomic E-state index is 12.8. The van der Waals surface area contributed by atoms with Crippen molar-refractivity contribution in [2.45, 2.75) is 13.0 Å². The zero-order chi connectivity index (χ0) is 23.6. The fourth-order valence-electron chi connectivity index (χ4n) is 3.25. The van der Waals surface area contributed by atoms with Gasteiger partial charge in [0, 0.05) is 6.54 Å². The molecule has 0 unspecified atom stereocenters. The number of hydrogen-bond acceptors (Lipinski definition) is 4. The molecule has 0 heterocycles. The van der Waals surface area contributed by atoms with Crippen molar-refractivity contribution in [1.29, 1.82) is 0 Å². The molecule has 0 aliphatic heterocycles. The Kier molecular flexibility index (Phi) is 8.25. The highest BCUT2D eigenvalue weighted by atomic mass is 19.3. The maximum Gasteiger partial charge on any atom is 0.386 e. The van der Waals surface area contributed by atoms with E-state index >= 15 is 0 Å². The van der Waals surface area contributed by atoms with Crippen molar-refractivity contribution in [1.82, 2.24) is 5.32 Å². The third-order valence-electron chi connectivity index (χ3n) is 4.83. The van der Waals surface area contributed by atoms with E-state index in [1.165, 1.54) is 7.11 Å². The molecule has 1 amide bonds. The molecule has 0 aromatic heterocycles.